The predicted octanol–water partition coefficient (Wildman–Crippen LogP) is 4.55. The molecule has 8 heteroatoms. The van der Waals surface area contributed by atoms with Gasteiger partial charge in [-0.25, -0.2) is 4.79 Å². The second kappa shape index (κ2) is 11.0. The van der Waals surface area contributed by atoms with Gasteiger partial charge in [-0.3, -0.25) is 14.9 Å². The minimum absolute atomic E-state index is 0.0954. The number of benzene rings is 3. The van der Waals surface area contributed by atoms with Crippen LogP contribution in [0.3, 0.4) is 0 Å². The van der Waals surface area contributed by atoms with Crippen LogP contribution < -0.4 is 16.0 Å². The number of carbonyl (C=O) groups is 3. The third-order valence-electron chi connectivity index (χ3n) is 4.58. The Morgan fingerprint density at radius 3 is 2.12 bits per heavy atom. The van der Waals surface area contributed by atoms with E-state index in [1.165, 1.54) is 0 Å². The summed E-state index contributed by atoms with van der Waals surface area (Å²) < 4.78 is 4.95. The Labute approximate surface area is 197 Å². The molecule has 0 saturated carbocycles. The van der Waals surface area contributed by atoms with Crippen molar-refractivity contribution in [3.63, 3.8) is 0 Å². The van der Waals surface area contributed by atoms with Crippen LogP contribution in [0.15, 0.2) is 72.8 Å². The van der Waals surface area contributed by atoms with E-state index in [0.717, 1.165) is 5.56 Å². The quantitative estimate of drug-likeness (QED) is 0.368. The Morgan fingerprint density at radius 1 is 0.788 bits per heavy atom. The highest BCUT2D eigenvalue weighted by Crippen LogP contribution is 2.14. The van der Waals surface area contributed by atoms with E-state index >= 15 is 0 Å². The highest BCUT2D eigenvalue weighted by molar-refractivity contribution is 7.80. The Morgan fingerprint density at radius 2 is 1.45 bits per heavy atom. The van der Waals surface area contributed by atoms with Crippen LogP contribution in [-0.4, -0.2) is 29.5 Å². The fraction of sp³-hybridized carbons (Fsp3) is 0.120. The van der Waals surface area contributed by atoms with E-state index in [0.29, 0.717) is 34.7 Å². The summed E-state index contributed by atoms with van der Waals surface area (Å²) in [7, 11) is 0. The summed E-state index contributed by atoms with van der Waals surface area (Å²) in [6, 6.07) is 20.3. The molecule has 0 bridgehead atoms. The van der Waals surface area contributed by atoms with Crippen LogP contribution in [0.1, 0.15) is 43.6 Å². The first kappa shape index (κ1) is 23.6. The number of rotatable bonds is 6. The second-order valence-corrected chi connectivity index (χ2v) is 7.52. The van der Waals surface area contributed by atoms with E-state index < -0.39 is 11.9 Å². The molecular formula is C25H23N3O4S. The van der Waals surface area contributed by atoms with Gasteiger partial charge in [-0.05, 0) is 80.7 Å². The Kier molecular flexibility index (Phi) is 7.88. The van der Waals surface area contributed by atoms with Gasteiger partial charge < -0.3 is 15.4 Å². The minimum atomic E-state index is -0.429. The molecule has 33 heavy (non-hydrogen) atoms. The van der Waals surface area contributed by atoms with E-state index in [-0.39, 0.29) is 11.0 Å². The lowest BCUT2D eigenvalue weighted by Crippen LogP contribution is -2.34. The molecule has 0 unspecified atom stereocenters. The third kappa shape index (κ3) is 6.72. The number of anilines is 2. The van der Waals surface area contributed by atoms with Crippen LogP contribution in [0.2, 0.25) is 0 Å². The van der Waals surface area contributed by atoms with Crippen LogP contribution >= 0.6 is 12.2 Å². The number of esters is 1. The summed E-state index contributed by atoms with van der Waals surface area (Å²) in [5.41, 5.74) is 3.43. The van der Waals surface area contributed by atoms with Crippen molar-refractivity contribution in [1.82, 2.24) is 5.32 Å². The lowest BCUT2D eigenvalue weighted by molar-refractivity contribution is 0.0526. The number of carbonyl (C=O) groups excluding carboxylic acids is 3. The highest BCUT2D eigenvalue weighted by atomic mass is 32.1. The van der Waals surface area contributed by atoms with E-state index in [9.17, 15) is 14.4 Å². The maximum Gasteiger partial charge on any atom is 0.338 e. The fourth-order valence-electron chi connectivity index (χ4n) is 2.89. The van der Waals surface area contributed by atoms with Crippen LogP contribution in [0.4, 0.5) is 11.4 Å². The summed E-state index contributed by atoms with van der Waals surface area (Å²) in [6.07, 6.45) is 0. The van der Waals surface area contributed by atoms with Crippen LogP contribution in [0, 0.1) is 6.92 Å². The summed E-state index contributed by atoms with van der Waals surface area (Å²) >= 11 is 5.21. The number of aryl methyl sites for hydroxylation is 1. The molecule has 3 aromatic carbocycles. The highest BCUT2D eigenvalue weighted by Gasteiger charge is 2.12. The van der Waals surface area contributed by atoms with Crippen molar-refractivity contribution < 1.29 is 19.1 Å². The van der Waals surface area contributed by atoms with Gasteiger partial charge in [-0.15, -0.1) is 0 Å². The SMILES string of the molecule is CCOC(=O)c1ccc(NC(=S)NC(=O)c2cccc(NC(=O)c3ccc(C)cc3)c2)cc1. The number of hydrogen-bond donors (Lipinski definition) is 3. The molecule has 3 aromatic rings. The van der Waals surface area contributed by atoms with Crippen molar-refractivity contribution in [1.29, 1.82) is 0 Å². The zero-order valence-electron chi connectivity index (χ0n) is 18.2. The van der Waals surface area contributed by atoms with Gasteiger partial charge >= 0.3 is 5.97 Å². The number of nitrogens with one attached hydrogen (secondary N) is 3. The van der Waals surface area contributed by atoms with E-state index in [2.05, 4.69) is 16.0 Å². The number of amides is 2. The number of thiocarbonyl (C=S) groups is 1. The van der Waals surface area contributed by atoms with E-state index in [4.69, 9.17) is 17.0 Å². The first-order valence-corrected chi connectivity index (χ1v) is 10.6. The van der Waals surface area contributed by atoms with Crippen molar-refractivity contribution in [2.45, 2.75) is 13.8 Å². The average molecular weight is 462 g/mol. The average Bonchev–Trinajstić information content (AvgIpc) is 2.80. The van der Waals surface area contributed by atoms with Crippen molar-refractivity contribution in [2.75, 3.05) is 17.2 Å². The van der Waals surface area contributed by atoms with Gasteiger partial charge in [-0.2, -0.15) is 0 Å². The van der Waals surface area contributed by atoms with Crippen LogP contribution in [0.25, 0.3) is 0 Å². The topological polar surface area (TPSA) is 96.5 Å². The Balaban J connectivity index is 1.58. The van der Waals surface area contributed by atoms with Crippen LogP contribution in [-0.2, 0) is 4.74 Å². The Bertz CT molecular complexity index is 1180. The maximum absolute atomic E-state index is 12.6. The van der Waals surface area contributed by atoms with Gasteiger partial charge in [-0.1, -0.05) is 23.8 Å². The molecule has 3 rings (SSSR count). The number of ether oxygens (including phenoxy) is 1. The second-order valence-electron chi connectivity index (χ2n) is 7.11. The molecule has 0 aromatic heterocycles. The molecule has 2 amide bonds. The molecule has 0 spiro atoms. The van der Waals surface area contributed by atoms with Gasteiger partial charge in [0.05, 0.1) is 12.2 Å². The van der Waals surface area contributed by atoms with E-state index in [1.807, 2.05) is 19.1 Å². The van der Waals surface area contributed by atoms with E-state index in [1.54, 1.807) is 67.6 Å². The zero-order valence-corrected chi connectivity index (χ0v) is 19.0. The van der Waals surface area contributed by atoms with Crippen LogP contribution in [0.5, 0.6) is 0 Å². The Hall–Kier alpha value is -4.04. The monoisotopic (exact) mass is 461 g/mol. The molecule has 7 nitrogen and oxygen atoms in total. The molecule has 0 aliphatic rings. The zero-order chi connectivity index (χ0) is 23.8. The fourth-order valence-corrected chi connectivity index (χ4v) is 3.10. The summed E-state index contributed by atoms with van der Waals surface area (Å²) in [5, 5.41) is 8.37. The molecule has 0 heterocycles. The number of hydrogen-bond acceptors (Lipinski definition) is 5. The molecule has 168 valence electrons. The van der Waals surface area contributed by atoms with Gasteiger partial charge in [0.25, 0.3) is 11.8 Å². The molecule has 0 fully saturated rings. The molecule has 3 N–H and O–H groups in total. The maximum atomic E-state index is 12.6. The predicted molar refractivity (Wildman–Crippen MR) is 132 cm³/mol. The normalized spacial score (nSPS) is 10.1. The first-order chi connectivity index (χ1) is 15.9. The van der Waals surface area contributed by atoms with Gasteiger partial charge in [0.2, 0.25) is 0 Å². The molecule has 0 radical (unpaired) electrons. The summed E-state index contributed by atoms with van der Waals surface area (Å²) in [6.45, 7) is 3.98. The largest absolute Gasteiger partial charge is 0.462 e. The smallest absolute Gasteiger partial charge is 0.338 e. The molecule has 0 aliphatic heterocycles. The summed E-state index contributed by atoms with van der Waals surface area (Å²) in [5.74, 6) is -1.10. The van der Waals surface area contributed by atoms with Gasteiger partial charge in [0.15, 0.2) is 5.11 Å². The molecule has 0 aliphatic carbocycles. The first-order valence-electron chi connectivity index (χ1n) is 10.2. The molecule has 0 saturated heterocycles. The third-order valence-corrected chi connectivity index (χ3v) is 4.78. The van der Waals surface area contributed by atoms with Gasteiger partial charge in [0.1, 0.15) is 0 Å². The van der Waals surface area contributed by atoms with Crippen molar-refractivity contribution in [2.24, 2.45) is 0 Å². The lowest BCUT2D eigenvalue weighted by atomic mass is 10.1. The minimum Gasteiger partial charge on any atom is -0.462 e. The summed E-state index contributed by atoms with van der Waals surface area (Å²) in [4.78, 5) is 36.7. The standard InChI is InChI=1S/C25H23N3O4S/c1-3-32-24(31)18-11-13-20(14-12-18)27-25(33)28-23(30)19-5-4-6-21(15-19)26-22(29)17-9-7-16(2)8-10-17/h4-15H,3H2,1-2H3,(H,26,29)(H2,27,28,30,33). The molecule has 0 atom stereocenters. The molecular weight excluding hydrogens is 438 g/mol. The lowest BCUT2D eigenvalue weighted by Gasteiger charge is -2.11. The van der Waals surface area contributed by atoms with Crippen molar-refractivity contribution >= 4 is 46.5 Å². The van der Waals surface area contributed by atoms with Gasteiger partial charge in [0, 0.05) is 22.5 Å². The van der Waals surface area contributed by atoms with Crippen molar-refractivity contribution in [3.8, 4) is 0 Å². The van der Waals surface area contributed by atoms with Crippen molar-refractivity contribution in [3.05, 3.63) is 95.1 Å².